The lowest BCUT2D eigenvalue weighted by Crippen LogP contribution is -2.20. The van der Waals surface area contributed by atoms with Gasteiger partial charge in [0.15, 0.2) is 0 Å². The summed E-state index contributed by atoms with van der Waals surface area (Å²) in [6.45, 7) is 5.77. The molecule has 0 radical (unpaired) electrons. The molecule has 0 aliphatic carbocycles. The van der Waals surface area contributed by atoms with E-state index < -0.39 is 0 Å². The monoisotopic (exact) mass is 393 g/mol. The molecule has 3 heterocycles. The average Bonchev–Trinajstić information content (AvgIpc) is 3.20. The molecule has 0 spiro atoms. The highest BCUT2D eigenvalue weighted by Crippen LogP contribution is 2.27. The van der Waals surface area contributed by atoms with Crippen LogP contribution in [0.1, 0.15) is 28.2 Å². The molecule has 2 aromatic carbocycles. The van der Waals surface area contributed by atoms with Gasteiger partial charge in [0.1, 0.15) is 5.82 Å². The molecule has 0 unspecified atom stereocenters. The molecule has 1 N–H and O–H groups in total. The van der Waals surface area contributed by atoms with Crippen molar-refractivity contribution in [3.8, 4) is 22.5 Å². The van der Waals surface area contributed by atoms with E-state index in [1.54, 1.807) is 18.6 Å². The summed E-state index contributed by atoms with van der Waals surface area (Å²) in [5.41, 5.74) is 9.24. The van der Waals surface area contributed by atoms with Crippen molar-refractivity contribution in [2.75, 3.05) is 0 Å². The summed E-state index contributed by atoms with van der Waals surface area (Å²) < 4.78 is 0. The Balaban J connectivity index is 1.34. The second-order valence-corrected chi connectivity index (χ2v) is 7.74. The van der Waals surface area contributed by atoms with Crippen molar-refractivity contribution < 1.29 is 0 Å². The van der Waals surface area contributed by atoms with Crippen LogP contribution in [0.2, 0.25) is 0 Å². The lowest BCUT2D eigenvalue weighted by atomic mass is 9.99. The van der Waals surface area contributed by atoms with Gasteiger partial charge in [-0.15, -0.1) is 0 Å². The summed E-state index contributed by atoms with van der Waals surface area (Å²) in [7, 11) is 0. The van der Waals surface area contributed by atoms with E-state index in [2.05, 4.69) is 88.4 Å². The van der Waals surface area contributed by atoms with Crippen LogP contribution in [0.5, 0.6) is 0 Å². The quantitative estimate of drug-likeness (QED) is 0.522. The molecule has 30 heavy (non-hydrogen) atoms. The predicted molar refractivity (Wildman–Crippen MR) is 119 cm³/mol. The number of imidazole rings is 1. The maximum Gasteiger partial charge on any atom is 0.138 e. The second kappa shape index (κ2) is 7.59. The van der Waals surface area contributed by atoms with Crippen LogP contribution in [0.15, 0.2) is 67.3 Å². The minimum Gasteiger partial charge on any atom is -0.365 e. The lowest BCUT2D eigenvalue weighted by molar-refractivity contribution is 0.350. The van der Waals surface area contributed by atoms with Gasteiger partial charge in [-0.2, -0.15) is 0 Å². The Hall–Kier alpha value is -3.73. The predicted octanol–water partition coefficient (Wildman–Crippen LogP) is 5.14. The molecule has 2 aromatic heterocycles. The van der Waals surface area contributed by atoms with Gasteiger partial charge in [0.05, 0.1) is 36.4 Å². The molecule has 0 fully saturated rings. The van der Waals surface area contributed by atoms with Crippen molar-refractivity contribution >= 4 is 6.08 Å². The van der Waals surface area contributed by atoms with Crippen molar-refractivity contribution in [3.05, 3.63) is 95.5 Å². The third kappa shape index (κ3) is 3.62. The number of rotatable bonds is 4. The van der Waals surface area contributed by atoms with Crippen molar-refractivity contribution in [2.24, 2.45) is 0 Å². The second-order valence-electron chi connectivity index (χ2n) is 7.74. The van der Waals surface area contributed by atoms with Gasteiger partial charge in [0.2, 0.25) is 0 Å². The highest BCUT2D eigenvalue weighted by atomic mass is 15.1. The molecule has 0 amide bonds. The molecule has 0 atom stereocenters. The van der Waals surface area contributed by atoms with Crippen molar-refractivity contribution in [2.45, 2.75) is 26.9 Å². The zero-order chi connectivity index (χ0) is 20.5. The summed E-state index contributed by atoms with van der Waals surface area (Å²) in [5.74, 6) is 0.901. The number of H-pyrrole nitrogens is 1. The number of aryl methyl sites for hydroxylation is 2. The number of nitrogens with zero attached hydrogens (tertiary/aromatic N) is 4. The molecule has 5 rings (SSSR count). The van der Waals surface area contributed by atoms with Crippen LogP contribution in [0.4, 0.5) is 0 Å². The van der Waals surface area contributed by atoms with E-state index in [4.69, 9.17) is 4.98 Å². The molecule has 0 bridgehead atoms. The van der Waals surface area contributed by atoms with Crippen molar-refractivity contribution in [1.29, 1.82) is 0 Å². The molecule has 0 saturated carbocycles. The lowest BCUT2D eigenvalue weighted by Gasteiger charge is -2.21. The van der Waals surface area contributed by atoms with E-state index >= 15 is 0 Å². The Morgan fingerprint density at radius 2 is 1.73 bits per heavy atom. The van der Waals surface area contributed by atoms with Crippen LogP contribution < -0.4 is 0 Å². The smallest absolute Gasteiger partial charge is 0.138 e. The molecular formula is C25H23N5. The SMILES string of the molecule is Cc1ccc(-c2ccc(-c3nc4c([nH]3)C=CN(Cc3cnccn3)C4)cc2)cc1C. The standard InChI is InChI=1S/C25H23N5/c1-17-3-4-21(13-18(17)2)19-5-7-20(8-6-19)25-28-23-9-12-30(16-24(23)29-25)15-22-14-26-10-11-27-22/h3-14H,15-16H2,1-2H3,(H,28,29). The maximum atomic E-state index is 4.86. The van der Waals surface area contributed by atoms with Gasteiger partial charge < -0.3 is 9.88 Å². The first-order valence-corrected chi connectivity index (χ1v) is 10.1. The number of hydrogen-bond donors (Lipinski definition) is 1. The molecule has 0 saturated heterocycles. The van der Waals surface area contributed by atoms with E-state index in [-0.39, 0.29) is 0 Å². The number of fused-ring (bicyclic) bond motifs is 1. The summed E-state index contributed by atoms with van der Waals surface area (Å²) in [6.07, 6.45) is 9.38. The maximum absolute atomic E-state index is 4.86. The van der Waals surface area contributed by atoms with Crippen LogP contribution in [0.3, 0.4) is 0 Å². The minimum atomic E-state index is 0.719. The first-order chi connectivity index (χ1) is 14.7. The molecule has 1 aliphatic rings. The number of aromatic amines is 1. The largest absolute Gasteiger partial charge is 0.365 e. The summed E-state index contributed by atoms with van der Waals surface area (Å²) in [4.78, 5) is 19.0. The fourth-order valence-electron chi connectivity index (χ4n) is 3.71. The number of nitrogens with one attached hydrogen (secondary N) is 1. The first kappa shape index (κ1) is 18.3. The Bertz CT molecular complexity index is 1210. The summed E-state index contributed by atoms with van der Waals surface area (Å²) >= 11 is 0. The van der Waals surface area contributed by atoms with Crippen molar-refractivity contribution in [3.63, 3.8) is 0 Å². The van der Waals surface area contributed by atoms with Gasteiger partial charge in [-0.25, -0.2) is 4.98 Å². The van der Waals surface area contributed by atoms with Crippen LogP contribution in [0.25, 0.3) is 28.6 Å². The minimum absolute atomic E-state index is 0.719. The van der Waals surface area contributed by atoms with E-state index in [9.17, 15) is 0 Å². The number of aromatic nitrogens is 4. The van der Waals surface area contributed by atoms with Crippen LogP contribution in [0, 0.1) is 13.8 Å². The number of hydrogen-bond acceptors (Lipinski definition) is 4. The van der Waals surface area contributed by atoms with Crippen LogP contribution in [-0.4, -0.2) is 24.8 Å². The fourth-order valence-corrected chi connectivity index (χ4v) is 3.71. The third-order valence-corrected chi connectivity index (χ3v) is 5.60. The van der Waals surface area contributed by atoms with E-state index in [1.165, 1.54) is 22.3 Å². The Kier molecular flexibility index (Phi) is 4.64. The van der Waals surface area contributed by atoms with E-state index in [1.807, 2.05) is 0 Å². The average molecular weight is 393 g/mol. The fraction of sp³-hybridized carbons (Fsp3) is 0.160. The molecule has 4 aromatic rings. The van der Waals surface area contributed by atoms with Gasteiger partial charge in [-0.1, -0.05) is 42.5 Å². The highest BCUT2D eigenvalue weighted by molar-refractivity contribution is 5.69. The Labute approximate surface area is 176 Å². The molecule has 148 valence electrons. The third-order valence-electron chi connectivity index (χ3n) is 5.60. The molecular weight excluding hydrogens is 370 g/mol. The Morgan fingerprint density at radius 3 is 2.50 bits per heavy atom. The van der Waals surface area contributed by atoms with Gasteiger partial charge in [0, 0.05) is 24.2 Å². The number of benzene rings is 2. The van der Waals surface area contributed by atoms with Crippen LogP contribution >= 0.6 is 0 Å². The normalized spacial score (nSPS) is 12.8. The van der Waals surface area contributed by atoms with E-state index in [0.717, 1.165) is 41.6 Å². The topological polar surface area (TPSA) is 57.7 Å². The van der Waals surface area contributed by atoms with Crippen molar-refractivity contribution in [1.82, 2.24) is 24.8 Å². The van der Waals surface area contributed by atoms with Gasteiger partial charge in [-0.05, 0) is 42.2 Å². The first-order valence-electron chi connectivity index (χ1n) is 10.1. The van der Waals surface area contributed by atoms with Gasteiger partial charge >= 0.3 is 0 Å². The highest BCUT2D eigenvalue weighted by Gasteiger charge is 2.17. The summed E-state index contributed by atoms with van der Waals surface area (Å²) in [5, 5.41) is 0. The molecule has 5 nitrogen and oxygen atoms in total. The van der Waals surface area contributed by atoms with Crippen LogP contribution in [-0.2, 0) is 13.1 Å². The van der Waals surface area contributed by atoms with Gasteiger partial charge in [0.25, 0.3) is 0 Å². The zero-order valence-electron chi connectivity index (χ0n) is 17.1. The molecule has 5 heteroatoms. The zero-order valence-corrected chi connectivity index (χ0v) is 17.1. The summed E-state index contributed by atoms with van der Waals surface area (Å²) in [6, 6.07) is 15.2. The van der Waals surface area contributed by atoms with E-state index in [0.29, 0.717) is 0 Å². The van der Waals surface area contributed by atoms with Gasteiger partial charge in [-0.3, -0.25) is 9.97 Å². The molecule has 1 aliphatic heterocycles. The Morgan fingerprint density at radius 1 is 0.933 bits per heavy atom.